The van der Waals surface area contributed by atoms with Crippen LogP contribution in [0, 0.1) is 6.92 Å². The zero-order valence-electron chi connectivity index (χ0n) is 10.4. The third-order valence-electron chi connectivity index (χ3n) is 2.46. The van der Waals surface area contributed by atoms with Crippen molar-refractivity contribution in [2.45, 2.75) is 18.2 Å². The standard InChI is InChI=1S/C11H17NO4S2/c1-9-8-10(12)4-5-11(9)18(15,16)7-3-6-17(2,13)14/h4-5,8H,3,6-7,12H2,1-2H3. The van der Waals surface area contributed by atoms with Crippen molar-refractivity contribution in [1.29, 1.82) is 0 Å². The molecule has 0 aliphatic carbocycles. The molecule has 2 N–H and O–H groups in total. The van der Waals surface area contributed by atoms with Gasteiger partial charge < -0.3 is 5.73 Å². The van der Waals surface area contributed by atoms with Gasteiger partial charge in [-0.1, -0.05) is 0 Å². The van der Waals surface area contributed by atoms with Crippen molar-refractivity contribution >= 4 is 25.4 Å². The monoisotopic (exact) mass is 291 g/mol. The number of rotatable bonds is 5. The molecule has 0 aliphatic rings. The number of anilines is 1. The first-order valence-corrected chi connectivity index (χ1v) is 9.10. The Kier molecular flexibility index (Phi) is 4.39. The second kappa shape index (κ2) is 5.27. The molecule has 18 heavy (non-hydrogen) atoms. The molecule has 0 unspecified atom stereocenters. The van der Waals surface area contributed by atoms with E-state index in [9.17, 15) is 16.8 Å². The number of hydrogen-bond donors (Lipinski definition) is 1. The molecule has 0 atom stereocenters. The molecular weight excluding hydrogens is 274 g/mol. The van der Waals surface area contributed by atoms with Crippen LogP contribution >= 0.6 is 0 Å². The van der Waals surface area contributed by atoms with Gasteiger partial charge in [0.2, 0.25) is 0 Å². The third kappa shape index (κ3) is 4.30. The van der Waals surface area contributed by atoms with Crippen LogP contribution in [0.3, 0.4) is 0 Å². The molecule has 0 heterocycles. The second-order valence-corrected chi connectivity index (χ2v) is 8.66. The number of aryl methyl sites for hydroxylation is 1. The Balaban J connectivity index is 2.87. The summed E-state index contributed by atoms with van der Waals surface area (Å²) in [7, 11) is -6.58. The van der Waals surface area contributed by atoms with Crippen LogP contribution in [0.2, 0.25) is 0 Å². The topological polar surface area (TPSA) is 94.3 Å². The van der Waals surface area contributed by atoms with Crippen molar-refractivity contribution in [3.05, 3.63) is 23.8 Å². The Morgan fingerprint density at radius 2 is 1.72 bits per heavy atom. The van der Waals surface area contributed by atoms with E-state index in [1.54, 1.807) is 13.0 Å². The number of sulfone groups is 2. The normalized spacial score (nSPS) is 12.6. The molecule has 0 saturated heterocycles. The van der Waals surface area contributed by atoms with Gasteiger partial charge >= 0.3 is 0 Å². The molecule has 102 valence electrons. The quantitative estimate of drug-likeness (QED) is 0.809. The van der Waals surface area contributed by atoms with E-state index >= 15 is 0 Å². The first-order chi connectivity index (χ1) is 8.12. The minimum absolute atomic E-state index is 0.102. The summed E-state index contributed by atoms with van der Waals surface area (Å²) in [5.74, 6) is -0.301. The van der Waals surface area contributed by atoms with E-state index in [1.165, 1.54) is 12.1 Å². The Morgan fingerprint density at radius 3 is 2.22 bits per heavy atom. The van der Waals surface area contributed by atoms with Crippen molar-refractivity contribution in [3.63, 3.8) is 0 Å². The minimum Gasteiger partial charge on any atom is -0.399 e. The van der Waals surface area contributed by atoms with Crippen LogP contribution in [0.25, 0.3) is 0 Å². The van der Waals surface area contributed by atoms with E-state index in [0.29, 0.717) is 11.3 Å². The number of nitrogen functional groups attached to an aromatic ring is 1. The fourth-order valence-electron chi connectivity index (χ4n) is 1.64. The van der Waals surface area contributed by atoms with Crippen LogP contribution in [-0.4, -0.2) is 34.6 Å². The van der Waals surface area contributed by atoms with E-state index in [4.69, 9.17) is 5.73 Å². The van der Waals surface area contributed by atoms with E-state index in [1.807, 2.05) is 0 Å². The van der Waals surface area contributed by atoms with Crippen LogP contribution < -0.4 is 5.73 Å². The Morgan fingerprint density at radius 1 is 1.11 bits per heavy atom. The number of hydrogen-bond acceptors (Lipinski definition) is 5. The van der Waals surface area contributed by atoms with E-state index in [0.717, 1.165) is 6.26 Å². The summed E-state index contributed by atoms with van der Waals surface area (Å²) in [5, 5.41) is 0. The lowest BCUT2D eigenvalue weighted by atomic mass is 10.2. The molecule has 0 bridgehead atoms. The molecule has 5 nitrogen and oxygen atoms in total. The maximum absolute atomic E-state index is 12.0. The smallest absolute Gasteiger partial charge is 0.178 e. The summed E-state index contributed by atoms with van der Waals surface area (Å²) < 4.78 is 45.9. The van der Waals surface area contributed by atoms with Crippen LogP contribution in [0.1, 0.15) is 12.0 Å². The van der Waals surface area contributed by atoms with Gasteiger partial charge in [-0.2, -0.15) is 0 Å². The fourth-order valence-corrected chi connectivity index (χ4v) is 4.06. The van der Waals surface area contributed by atoms with Crippen molar-refractivity contribution in [2.24, 2.45) is 0 Å². The van der Waals surface area contributed by atoms with Crippen LogP contribution in [-0.2, 0) is 19.7 Å². The van der Waals surface area contributed by atoms with Crippen LogP contribution in [0.4, 0.5) is 5.69 Å². The molecule has 0 aromatic heterocycles. The Labute approximate surface area is 108 Å². The predicted octanol–water partition coefficient (Wildman–Crippen LogP) is 0.786. The summed E-state index contributed by atoms with van der Waals surface area (Å²) in [6.07, 6.45) is 1.19. The highest BCUT2D eigenvalue weighted by atomic mass is 32.2. The zero-order chi connectivity index (χ0) is 14.0. The lowest BCUT2D eigenvalue weighted by molar-refractivity contribution is 0.592. The van der Waals surface area contributed by atoms with Crippen molar-refractivity contribution < 1.29 is 16.8 Å². The number of benzene rings is 1. The van der Waals surface area contributed by atoms with Crippen molar-refractivity contribution in [2.75, 3.05) is 23.5 Å². The van der Waals surface area contributed by atoms with E-state index in [2.05, 4.69) is 0 Å². The van der Waals surface area contributed by atoms with Crippen molar-refractivity contribution in [3.8, 4) is 0 Å². The fraction of sp³-hybridized carbons (Fsp3) is 0.455. The lowest BCUT2D eigenvalue weighted by Crippen LogP contribution is -2.13. The van der Waals surface area contributed by atoms with E-state index < -0.39 is 19.7 Å². The van der Waals surface area contributed by atoms with Gasteiger partial charge in [0.15, 0.2) is 9.84 Å². The first-order valence-electron chi connectivity index (χ1n) is 5.38. The van der Waals surface area contributed by atoms with Gasteiger partial charge in [-0.3, -0.25) is 0 Å². The SMILES string of the molecule is Cc1cc(N)ccc1S(=O)(=O)CCCS(C)(=O)=O. The Bertz CT molecular complexity index is 633. The van der Waals surface area contributed by atoms with Gasteiger partial charge in [0.05, 0.1) is 16.4 Å². The molecule has 0 spiro atoms. The summed E-state index contributed by atoms with van der Waals surface area (Å²) in [6, 6.07) is 4.57. The summed E-state index contributed by atoms with van der Waals surface area (Å²) >= 11 is 0. The van der Waals surface area contributed by atoms with Gasteiger partial charge in [0.1, 0.15) is 9.84 Å². The molecule has 0 aliphatic heterocycles. The molecule has 1 aromatic carbocycles. The zero-order valence-corrected chi connectivity index (χ0v) is 12.0. The van der Waals surface area contributed by atoms with E-state index in [-0.39, 0.29) is 22.8 Å². The molecule has 1 rings (SSSR count). The molecule has 0 radical (unpaired) electrons. The third-order valence-corrected chi connectivity index (χ3v) is 5.45. The van der Waals surface area contributed by atoms with Gasteiger partial charge in [0.25, 0.3) is 0 Å². The van der Waals surface area contributed by atoms with Gasteiger partial charge in [-0.15, -0.1) is 0 Å². The average molecular weight is 291 g/mol. The average Bonchev–Trinajstić information content (AvgIpc) is 2.13. The van der Waals surface area contributed by atoms with Gasteiger partial charge in [-0.05, 0) is 37.1 Å². The van der Waals surface area contributed by atoms with Crippen LogP contribution in [0.15, 0.2) is 23.1 Å². The highest BCUT2D eigenvalue weighted by molar-refractivity contribution is 7.92. The highest BCUT2D eigenvalue weighted by Gasteiger charge is 2.17. The van der Waals surface area contributed by atoms with Crippen molar-refractivity contribution in [1.82, 2.24) is 0 Å². The molecule has 1 aromatic rings. The second-order valence-electron chi connectivity index (χ2n) is 4.33. The summed E-state index contributed by atoms with van der Waals surface area (Å²) in [5.41, 5.74) is 6.63. The first kappa shape index (κ1) is 15.0. The van der Waals surface area contributed by atoms with Crippen LogP contribution in [0.5, 0.6) is 0 Å². The summed E-state index contributed by atoms with van der Waals surface area (Å²) in [6.45, 7) is 1.67. The largest absolute Gasteiger partial charge is 0.399 e. The highest BCUT2D eigenvalue weighted by Crippen LogP contribution is 2.19. The molecule has 0 amide bonds. The maximum atomic E-state index is 12.0. The molecular formula is C11H17NO4S2. The molecule has 7 heteroatoms. The molecule has 0 saturated carbocycles. The Hall–Kier alpha value is -1.08. The maximum Gasteiger partial charge on any atom is 0.178 e. The number of nitrogens with two attached hydrogens (primary N) is 1. The molecule has 0 fully saturated rings. The lowest BCUT2D eigenvalue weighted by Gasteiger charge is -2.08. The summed E-state index contributed by atoms with van der Waals surface area (Å²) in [4.78, 5) is 0.213. The predicted molar refractivity (Wildman–Crippen MR) is 72.0 cm³/mol. The minimum atomic E-state index is -3.45. The van der Waals surface area contributed by atoms with Gasteiger partial charge in [-0.25, -0.2) is 16.8 Å². The van der Waals surface area contributed by atoms with Gasteiger partial charge in [0, 0.05) is 11.9 Å².